The number of hydrogen-bond acceptors (Lipinski definition) is 5. The second-order valence-corrected chi connectivity index (χ2v) is 4.74. The molecule has 0 bridgehead atoms. The molecule has 0 fully saturated rings. The lowest BCUT2D eigenvalue weighted by Gasteiger charge is -2.15. The number of nitrogens with one attached hydrogen (secondary N) is 1. The fourth-order valence-corrected chi connectivity index (χ4v) is 2.01. The summed E-state index contributed by atoms with van der Waals surface area (Å²) in [7, 11) is 0. The average molecular weight is 291 g/mol. The molecule has 0 unspecified atom stereocenters. The SMILES string of the molecule is CCCC[C@H](NC(=O)c1cnc2ncnn2c1C)C(=O)O. The van der Waals surface area contributed by atoms with Gasteiger partial charge < -0.3 is 10.4 Å². The first-order valence-corrected chi connectivity index (χ1v) is 6.73. The molecule has 8 nitrogen and oxygen atoms in total. The van der Waals surface area contributed by atoms with E-state index < -0.39 is 17.9 Å². The Morgan fingerprint density at radius 1 is 1.43 bits per heavy atom. The number of rotatable bonds is 6. The molecule has 0 spiro atoms. The van der Waals surface area contributed by atoms with Gasteiger partial charge in [0.2, 0.25) is 0 Å². The normalized spacial score (nSPS) is 12.3. The highest BCUT2D eigenvalue weighted by atomic mass is 16.4. The van der Waals surface area contributed by atoms with Crippen molar-refractivity contribution in [2.24, 2.45) is 0 Å². The number of aryl methyl sites for hydroxylation is 1. The number of carbonyl (C=O) groups is 2. The predicted molar refractivity (Wildman–Crippen MR) is 73.9 cm³/mol. The van der Waals surface area contributed by atoms with Crippen LogP contribution in [0.15, 0.2) is 12.5 Å². The highest BCUT2D eigenvalue weighted by Crippen LogP contribution is 2.09. The van der Waals surface area contributed by atoms with E-state index in [2.05, 4.69) is 20.4 Å². The van der Waals surface area contributed by atoms with E-state index in [4.69, 9.17) is 5.11 Å². The number of carboxylic acids is 1. The highest BCUT2D eigenvalue weighted by molar-refractivity contribution is 5.97. The van der Waals surface area contributed by atoms with Crippen LogP contribution in [0.3, 0.4) is 0 Å². The average Bonchev–Trinajstić information content (AvgIpc) is 2.92. The van der Waals surface area contributed by atoms with Crippen LogP contribution in [0.4, 0.5) is 0 Å². The van der Waals surface area contributed by atoms with Crippen LogP contribution in [0.1, 0.15) is 42.2 Å². The van der Waals surface area contributed by atoms with E-state index >= 15 is 0 Å². The molecule has 2 rings (SSSR count). The van der Waals surface area contributed by atoms with Crippen molar-refractivity contribution in [3.05, 3.63) is 23.8 Å². The maximum atomic E-state index is 12.2. The van der Waals surface area contributed by atoms with Crippen LogP contribution in [0, 0.1) is 6.92 Å². The number of nitrogens with zero attached hydrogens (tertiary/aromatic N) is 4. The number of fused-ring (bicyclic) bond motifs is 1. The van der Waals surface area contributed by atoms with Gasteiger partial charge in [-0.2, -0.15) is 10.1 Å². The lowest BCUT2D eigenvalue weighted by atomic mass is 10.1. The zero-order valence-electron chi connectivity index (χ0n) is 11.9. The summed E-state index contributed by atoms with van der Waals surface area (Å²) in [6.07, 6.45) is 4.73. The summed E-state index contributed by atoms with van der Waals surface area (Å²) in [6.45, 7) is 3.67. The molecule has 21 heavy (non-hydrogen) atoms. The molecule has 0 radical (unpaired) electrons. The van der Waals surface area contributed by atoms with Gasteiger partial charge in [-0.3, -0.25) is 4.79 Å². The van der Waals surface area contributed by atoms with Crippen molar-refractivity contribution in [1.29, 1.82) is 0 Å². The summed E-state index contributed by atoms with van der Waals surface area (Å²) in [5.41, 5.74) is 0.852. The molecule has 0 saturated heterocycles. The zero-order valence-corrected chi connectivity index (χ0v) is 11.9. The quantitative estimate of drug-likeness (QED) is 0.815. The van der Waals surface area contributed by atoms with Crippen LogP contribution in [0.5, 0.6) is 0 Å². The van der Waals surface area contributed by atoms with Crippen molar-refractivity contribution in [3.8, 4) is 0 Å². The summed E-state index contributed by atoms with van der Waals surface area (Å²) in [5.74, 6) is -1.12. The molecule has 0 aliphatic heterocycles. The third-order valence-corrected chi connectivity index (χ3v) is 3.24. The third kappa shape index (κ3) is 3.15. The summed E-state index contributed by atoms with van der Waals surface area (Å²) in [6, 6.07) is -0.900. The molecule has 8 heteroatoms. The maximum absolute atomic E-state index is 12.2. The van der Waals surface area contributed by atoms with E-state index in [0.29, 0.717) is 17.9 Å². The Morgan fingerprint density at radius 2 is 2.19 bits per heavy atom. The van der Waals surface area contributed by atoms with Crippen LogP contribution in [-0.2, 0) is 4.79 Å². The van der Waals surface area contributed by atoms with Crippen molar-refractivity contribution in [3.63, 3.8) is 0 Å². The highest BCUT2D eigenvalue weighted by Gasteiger charge is 2.22. The molecule has 0 aliphatic rings. The Hall–Kier alpha value is -2.51. The van der Waals surface area contributed by atoms with E-state index in [9.17, 15) is 9.59 Å². The van der Waals surface area contributed by atoms with Crippen LogP contribution < -0.4 is 5.32 Å². The Balaban J connectivity index is 2.20. The first kappa shape index (κ1) is 14.9. The molecule has 112 valence electrons. The van der Waals surface area contributed by atoms with Crippen LogP contribution in [-0.4, -0.2) is 42.6 Å². The molecule has 1 amide bonds. The Bertz CT molecular complexity index is 667. The molecule has 0 aromatic carbocycles. The largest absolute Gasteiger partial charge is 0.480 e. The van der Waals surface area contributed by atoms with Crippen molar-refractivity contribution in [2.45, 2.75) is 39.2 Å². The fraction of sp³-hybridized carbons (Fsp3) is 0.462. The van der Waals surface area contributed by atoms with Gasteiger partial charge in [0.05, 0.1) is 11.3 Å². The Kier molecular flexibility index (Phi) is 4.46. The topological polar surface area (TPSA) is 109 Å². The number of amides is 1. The molecule has 2 aromatic rings. The number of unbranched alkanes of at least 4 members (excludes halogenated alkanes) is 1. The first-order valence-electron chi connectivity index (χ1n) is 6.73. The van der Waals surface area contributed by atoms with Gasteiger partial charge in [-0.05, 0) is 13.3 Å². The van der Waals surface area contributed by atoms with Gasteiger partial charge in [0.15, 0.2) is 0 Å². The summed E-state index contributed by atoms with van der Waals surface area (Å²) >= 11 is 0. The number of aromatic nitrogens is 4. The van der Waals surface area contributed by atoms with Gasteiger partial charge in [-0.1, -0.05) is 19.8 Å². The molecule has 2 aromatic heterocycles. The van der Waals surface area contributed by atoms with E-state index in [1.54, 1.807) is 6.92 Å². The van der Waals surface area contributed by atoms with E-state index in [0.717, 1.165) is 12.8 Å². The Labute approximate surface area is 121 Å². The number of carbonyl (C=O) groups excluding carboxylic acids is 1. The van der Waals surface area contributed by atoms with E-state index in [-0.39, 0.29) is 5.56 Å². The van der Waals surface area contributed by atoms with Crippen molar-refractivity contribution < 1.29 is 14.7 Å². The van der Waals surface area contributed by atoms with Crippen molar-refractivity contribution >= 4 is 17.7 Å². The zero-order chi connectivity index (χ0) is 15.4. The maximum Gasteiger partial charge on any atom is 0.326 e. The second kappa shape index (κ2) is 6.29. The van der Waals surface area contributed by atoms with Crippen molar-refractivity contribution in [2.75, 3.05) is 0 Å². The lowest BCUT2D eigenvalue weighted by Crippen LogP contribution is -2.41. The van der Waals surface area contributed by atoms with Gasteiger partial charge in [-0.15, -0.1) is 0 Å². The minimum atomic E-state index is -1.04. The molecular formula is C13H17N5O3. The molecule has 2 N–H and O–H groups in total. The standard InChI is InChI=1S/C13H17N5O3/c1-3-4-5-10(12(20)21)17-11(19)9-6-14-13-15-7-16-18(13)8(9)2/h6-7,10H,3-5H2,1-2H3,(H,17,19)(H,20,21)/t10-/m0/s1. The minimum absolute atomic E-state index is 0.288. The molecule has 2 heterocycles. The van der Waals surface area contributed by atoms with Crippen LogP contribution >= 0.6 is 0 Å². The van der Waals surface area contributed by atoms with E-state index in [1.807, 2.05) is 6.92 Å². The third-order valence-electron chi connectivity index (χ3n) is 3.24. The Morgan fingerprint density at radius 3 is 2.86 bits per heavy atom. The van der Waals surface area contributed by atoms with Gasteiger partial charge in [0.1, 0.15) is 12.4 Å². The number of hydrogen-bond donors (Lipinski definition) is 2. The summed E-state index contributed by atoms with van der Waals surface area (Å²) in [5, 5.41) is 15.6. The number of carboxylic acid groups (broad SMARTS) is 1. The monoisotopic (exact) mass is 291 g/mol. The van der Waals surface area contributed by atoms with Gasteiger partial charge >= 0.3 is 5.97 Å². The first-order chi connectivity index (χ1) is 10.0. The second-order valence-electron chi connectivity index (χ2n) is 4.74. The summed E-state index contributed by atoms with van der Waals surface area (Å²) < 4.78 is 1.44. The molecule has 1 atom stereocenters. The van der Waals surface area contributed by atoms with E-state index in [1.165, 1.54) is 17.0 Å². The summed E-state index contributed by atoms with van der Waals surface area (Å²) in [4.78, 5) is 31.3. The minimum Gasteiger partial charge on any atom is -0.480 e. The molecule has 0 saturated carbocycles. The van der Waals surface area contributed by atoms with Gasteiger partial charge in [0.25, 0.3) is 11.7 Å². The smallest absolute Gasteiger partial charge is 0.326 e. The van der Waals surface area contributed by atoms with Gasteiger partial charge in [-0.25, -0.2) is 14.3 Å². The van der Waals surface area contributed by atoms with Crippen LogP contribution in [0.25, 0.3) is 5.78 Å². The molecular weight excluding hydrogens is 274 g/mol. The molecule has 0 aliphatic carbocycles. The predicted octanol–water partition coefficient (Wildman–Crippen LogP) is 0.806. The van der Waals surface area contributed by atoms with Crippen molar-refractivity contribution in [1.82, 2.24) is 24.9 Å². The van der Waals surface area contributed by atoms with Crippen LogP contribution in [0.2, 0.25) is 0 Å². The lowest BCUT2D eigenvalue weighted by molar-refractivity contribution is -0.139. The number of aliphatic carboxylic acids is 1. The fourth-order valence-electron chi connectivity index (χ4n) is 2.01. The van der Waals surface area contributed by atoms with Gasteiger partial charge in [0, 0.05) is 6.20 Å².